The van der Waals surface area contributed by atoms with Gasteiger partial charge in [0.25, 0.3) is 0 Å². The number of nitrogens with one attached hydrogen (secondary N) is 2. The van der Waals surface area contributed by atoms with Crippen molar-refractivity contribution in [2.45, 2.75) is 18.6 Å². The van der Waals surface area contributed by atoms with E-state index in [1.807, 2.05) is 6.92 Å². The van der Waals surface area contributed by atoms with Crippen molar-refractivity contribution in [1.29, 1.82) is 0 Å². The molecule has 0 saturated carbocycles. The number of carbonyl (C=O) groups excluding carboxylic acids is 1. The fourth-order valence-electron chi connectivity index (χ4n) is 1.40. The number of rotatable bonds is 3. The van der Waals surface area contributed by atoms with Crippen LogP contribution in [0.3, 0.4) is 0 Å². The molecule has 2 heterocycles. The molecule has 1 unspecified atom stereocenters. The maximum atomic E-state index is 10.7. The van der Waals surface area contributed by atoms with E-state index in [-0.39, 0.29) is 17.8 Å². The van der Waals surface area contributed by atoms with E-state index >= 15 is 0 Å². The standard InChI is InChI=1S/C8H14N2O3/c1-8(4-9-5-8)12-3-6-2-10-7(11)13-6/h6,9H,2-5H2,1H3,(H,10,11). The Morgan fingerprint density at radius 3 is 2.92 bits per heavy atom. The summed E-state index contributed by atoms with van der Waals surface area (Å²) >= 11 is 0. The molecule has 2 aliphatic heterocycles. The molecule has 2 rings (SSSR count). The van der Waals surface area contributed by atoms with Crippen LogP contribution in [0.1, 0.15) is 6.92 Å². The fraction of sp³-hybridized carbons (Fsp3) is 0.875. The SMILES string of the molecule is CC1(OCC2CNC(=O)O2)CNC1. The Morgan fingerprint density at radius 2 is 2.46 bits per heavy atom. The van der Waals surface area contributed by atoms with Crippen LogP contribution in [-0.4, -0.2) is 44.0 Å². The minimum atomic E-state index is -0.342. The second-order valence-electron chi connectivity index (χ2n) is 3.77. The third-order valence-electron chi connectivity index (χ3n) is 2.36. The van der Waals surface area contributed by atoms with Crippen molar-refractivity contribution in [1.82, 2.24) is 10.6 Å². The first kappa shape index (κ1) is 8.77. The number of alkyl carbamates (subject to hydrolysis) is 1. The minimum Gasteiger partial charge on any atom is -0.442 e. The van der Waals surface area contributed by atoms with Gasteiger partial charge in [0, 0.05) is 13.1 Å². The first-order chi connectivity index (χ1) is 6.18. The largest absolute Gasteiger partial charge is 0.442 e. The van der Waals surface area contributed by atoms with Crippen molar-refractivity contribution >= 4 is 6.09 Å². The van der Waals surface area contributed by atoms with Gasteiger partial charge in [-0.3, -0.25) is 0 Å². The first-order valence-corrected chi connectivity index (χ1v) is 4.47. The lowest BCUT2D eigenvalue weighted by Crippen LogP contribution is -2.59. The summed E-state index contributed by atoms with van der Waals surface area (Å²) in [6, 6.07) is 0. The van der Waals surface area contributed by atoms with Crippen molar-refractivity contribution in [3.8, 4) is 0 Å². The van der Waals surface area contributed by atoms with Crippen molar-refractivity contribution in [2.75, 3.05) is 26.2 Å². The summed E-state index contributed by atoms with van der Waals surface area (Å²) in [5.41, 5.74) is -0.0605. The molecule has 13 heavy (non-hydrogen) atoms. The van der Waals surface area contributed by atoms with E-state index in [0.29, 0.717) is 13.2 Å². The van der Waals surface area contributed by atoms with Gasteiger partial charge in [0.2, 0.25) is 0 Å². The highest BCUT2D eigenvalue weighted by molar-refractivity contribution is 5.69. The summed E-state index contributed by atoms with van der Waals surface area (Å²) in [5, 5.41) is 5.72. The second-order valence-corrected chi connectivity index (χ2v) is 3.77. The Morgan fingerprint density at radius 1 is 1.69 bits per heavy atom. The van der Waals surface area contributed by atoms with E-state index < -0.39 is 0 Å². The molecule has 2 N–H and O–H groups in total. The van der Waals surface area contributed by atoms with Crippen molar-refractivity contribution in [2.24, 2.45) is 0 Å². The van der Waals surface area contributed by atoms with Crippen molar-refractivity contribution in [3.63, 3.8) is 0 Å². The van der Waals surface area contributed by atoms with Crippen molar-refractivity contribution < 1.29 is 14.3 Å². The molecule has 0 aliphatic carbocycles. The van der Waals surface area contributed by atoms with Crippen LogP contribution >= 0.6 is 0 Å². The third-order valence-corrected chi connectivity index (χ3v) is 2.36. The molecule has 0 bridgehead atoms. The Labute approximate surface area is 76.8 Å². The summed E-state index contributed by atoms with van der Waals surface area (Å²) in [5.74, 6) is 0. The van der Waals surface area contributed by atoms with Crippen LogP contribution in [0.4, 0.5) is 4.79 Å². The molecule has 1 amide bonds. The van der Waals surface area contributed by atoms with Gasteiger partial charge in [-0.15, -0.1) is 0 Å². The lowest BCUT2D eigenvalue weighted by atomic mass is 10.0. The summed E-state index contributed by atoms with van der Waals surface area (Å²) in [7, 11) is 0. The van der Waals surface area contributed by atoms with Crippen LogP contribution < -0.4 is 10.6 Å². The molecule has 0 aromatic carbocycles. The quantitative estimate of drug-likeness (QED) is 0.622. The van der Waals surface area contributed by atoms with Crippen LogP contribution in [0.25, 0.3) is 0 Å². The van der Waals surface area contributed by atoms with Gasteiger partial charge in [-0.05, 0) is 6.92 Å². The fourth-order valence-corrected chi connectivity index (χ4v) is 1.40. The smallest absolute Gasteiger partial charge is 0.407 e. The molecular formula is C8H14N2O3. The lowest BCUT2D eigenvalue weighted by Gasteiger charge is -2.39. The Kier molecular flexibility index (Phi) is 2.13. The molecule has 0 radical (unpaired) electrons. The Bertz CT molecular complexity index is 215. The van der Waals surface area contributed by atoms with Gasteiger partial charge in [-0.1, -0.05) is 0 Å². The average molecular weight is 186 g/mol. The van der Waals surface area contributed by atoms with E-state index in [4.69, 9.17) is 9.47 Å². The van der Waals surface area contributed by atoms with E-state index in [2.05, 4.69) is 10.6 Å². The van der Waals surface area contributed by atoms with Gasteiger partial charge in [0.05, 0.1) is 18.8 Å². The first-order valence-electron chi connectivity index (χ1n) is 4.47. The number of hydrogen-bond donors (Lipinski definition) is 2. The topological polar surface area (TPSA) is 59.6 Å². The predicted molar refractivity (Wildman–Crippen MR) is 45.5 cm³/mol. The molecule has 74 valence electrons. The molecule has 2 aliphatic rings. The summed E-state index contributed by atoms with van der Waals surface area (Å²) < 4.78 is 10.5. The molecule has 2 saturated heterocycles. The van der Waals surface area contributed by atoms with Crippen LogP contribution in [0, 0.1) is 0 Å². The number of carbonyl (C=O) groups is 1. The Balaban J connectivity index is 1.70. The van der Waals surface area contributed by atoms with E-state index in [9.17, 15) is 4.79 Å². The zero-order valence-electron chi connectivity index (χ0n) is 7.63. The van der Waals surface area contributed by atoms with Gasteiger partial charge < -0.3 is 20.1 Å². The van der Waals surface area contributed by atoms with Crippen LogP contribution in [0.5, 0.6) is 0 Å². The molecule has 5 nitrogen and oxygen atoms in total. The molecule has 1 atom stereocenters. The molecule has 0 spiro atoms. The highest BCUT2D eigenvalue weighted by Gasteiger charge is 2.34. The molecular weight excluding hydrogens is 172 g/mol. The molecule has 2 fully saturated rings. The van der Waals surface area contributed by atoms with Gasteiger partial charge in [-0.2, -0.15) is 0 Å². The maximum absolute atomic E-state index is 10.7. The third kappa shape index (κ3) is 1.92. The number of amides is 1. The van der Waals surface area contributed by atoms with E-state index in [0.717, 1.165) is 13.1 Å². The molecule has 0 aromatic rings. The number of ether oxygens (including phenoxy) is 2. The normalized spacial score (nSPS) is 30.5. The summed E-state index contributed by atoms with van der Waals surface area (Å²) in [6.45, 7) is 4.84. The van der Waals surface area contributed by atoms with Crippen molar-refractivity contribution in [3.05, 3.63) is 0 Å². The number of hydrogen-bond acceptors (Lipinski definition) is 4. The summed E-state index contributed by atoms with van der Waals surface area (Å²) in [6.07, 6.45) is -0.463. The molecule has 0 aromatic heterocycles. The highest BCUT2D eigenvalue weighted by Crippen LogP contribution is 2.16. The van der Waals surface area contributed by atoms with Crippen LogP contribution in [-0.2, 0) is 9.47 Å². The molecule has 5 heteroatoms. The zero-order valence-corrected chi connectivity index (χ0v) is 7.63. The highest BCUT2D eigenvalue weighted by atomic mass is 16.6. The maximum Gasteiger partial charge on any atom is 0.407 e. The predicted octanol–water partition coefficient (Wildman–Crippen LogP) is -0.527. The van der Waals surface area contributed by atoms with Crippen LogP contribution in [0.2, 0.25) is 0 Å². The van der Waals surface area contributed by atoms with E-state index in [1.165, 1.54) is 0 Å². The lowest BCUT2D eigenvalue weighted by molar-refractivity contribution is -0.0902. The van der Waals surface area contributed by atoms with Gasteiger partial charge >= 0.3 is 6.09 Å². The minimum absolute atomic E-state index is 0.0605. The summed E-state index contributed by atoms with van der Waals surface area (Å²) in [4.78, 5) is 10.7. The van der Waals surface area contributed by atoms with E-state index in [1.54, 1.807) is 0 Å². The van der Waals surface area contributed by atoms with Crippen LogP contribution in [0.15, 0.2) is 0 Å². The van der Waals surface area contributed by atoms with Gasteiger partial charge in [0.15, 0.2) is 0 Å². The monoisotopic (exact) mass is 186 g/mol. The van der Waals surface area contributed by atoms with Gasteiger partial charge in [-0.25, -0.2) is 4.79 Å². The average Bonchev–Trinajstić information content (AvgIpc) is 2.44. The second kappa shape index (κ2) is 3.16. The Hall–Kier alpha value is -0.810. The zero-order chi connectivity index (χ0) is 9.31. The number of cyclic esters (lactones) is 1. The van der Waals surface area contributed by atoms with Gasteiger partial charge in [0.1, 0.15) is 6.10 Å².